The molecular formula is C31H48F6N4O4S. The van der Waals surface area contributed by atoms with Crippen LogP contribution in [-0.4, -0.2) is 82.7 Å². The van der Waals surface area contributed by atoms with Gasteiger partial charge >= 0.3 is 12.4 Å². The second-order valence-corrected chi connectivity index (χ2v) is 10.6. The summed E-state index contributed by atoms with van der Waals surface area (Å²) in [5.74, 6) is 0.476. The SMILES string of the molecule is C/C=C/NC(=O)C(=C\c1[nH]c(C)c(C(=O)NCCN(CC)CC)c1C)/C=C/CSC/C=C/CC(F)(F)F.C=C(C)C(F)(F)F.O.O. The van der Waals surface area contributed by atoms with E-state index in [0.717, 1.165) is 38.2 Å². The lowest BCUT2D eigenvalue weighted by Crippen LogP contribution is -2.35. The largest absolute Gasteiger partial charge is 0.412 e. The summed E-state index contributed by atoms with van der Waals surface area (Å²) in [5.41, 5.74) is 2.29. The van der Waals surface area contributed by atoms with Gasteiger partial charge in [0.15, 0.2) is 0 Å². The molecule has 0 spiro atoms. The molecule has 1 aromatic rings. The molecule has 0 bridgehead atoms. The average Bonchev–Trinajstić information content (AvgIpc) is 3.21. The van der Waals surface area contributed by atoms with Gasteiger partial charge in [0.05, 0.1) is 12.0 Å². The number of alkyl halides is 6. The van der Waals surface area contributed by atoms with Crippen molar-refractivity contribution in [3.8, 4) is 0 Å². The zero-order valence-electron chi connectivity index (χ0n) is 27.1. The van der Waals surface area contributed by atoms with Crippen LogP contribution in [0.3, 0.4) is 0 Å². The van der Waals surface area contributed by atoms with E-state index in [9.17, 15) is 35.9 Å². The fourth-order valence-corrected chi connectivity index (χ4v) is 4.11. The number of rotatable bonds is 15. The van der Waals surface area contributed by atoms with E-state index in [4.69, 9.17) is 0 Å². The van der Waals surface area contributed by atoms with Gasteiger partial charge in [-0.15, -0.1) is 0 Å². The van der Waals surface area contributed by atoms with Crippen LogP contribution in [0.2, 0.25) is 0 Å². The fraction of sp³-hybridized carbons (Fsp3) is 0.484. The minimum Gasteiger partial charge on any atom is -0.412 e. The molecule has 0 radical (unpaired) electrons. The monoisotopic (exact) mass is 686 g/mol. The van der Waals surface area contributed by atoms with Crippen molar-refractivity contribution in [2.24, 2.45) is 0 Å². The van der Waals surface area contributed by atoms with Crippen LogP contribution in [0.15, 0.2) is 54.3 Å². The van der Waals surface area contributed by atoms with E-state index >= 15 is 0 Å². The summed E-state index contributed by atoms with van der Waals surface area (Å²) in [6.45, 7) is 16.4. The van der Waals surface area contributed by atoms with Crippen LogP contribution in [0.25, 0.3) is 6.08 Å². The predicted molar refractivity (Wildman–Crippen MR) is 176 cm³/mol. The van der Waals surface area contributed by atoms with Crippen molar-refractivity contribution in [2.45, 2.75) is 60.3 Å². The molecule has 0 aromatic carbocycles. The van der Waals surface area contributed by atoms with Crippen LogP contribution in [0, 0.1) is 13.8 Å². The third-order valence-corrected chi connectivity index (χ3v) is 6.84. The Morgan fingerprint density at radius 2 is 1.57 bits per heavy atom. The van der Waals surface area contributed by atoms with Crippen LogP contribution in [0.5, 0.6) is 0 Å². The van der Waals surface area contributed by atoms with Gasteiger partial charge in [0.25, 0.3) is 11.8 Å². The standard InChI is InChI=1S/C27H39F3N4O2S.C4H5F3.2H2O/c1-6-14-31-25(35)22(12-11-18-37-17-10-9-13-27(28,29)30)19-23-20(4)24(21(5)33-23)26(36)32-15-16-34(7-2)8-3;1-3(2)4(5,6)7;;/h6,9-12,14,19,33H,7-8,13,15-18H2,1-5H3,(H,31,35)(H,32,36);1H2,2H3;2*1H2/b10-9+,12-11+,14-6+,22-19-;;;. The highest BCUT2D eigenvalue weighted by Crippen LogP contribution is 2.23. The Morgan fingerprint density at radius 3 is 2.07 bits per heavy atom. The second kappa shape index (κ2) is 24.0. The molecule has 0 fully saturated rings. The second-order valence-electron chi connectivity index (χ2n) is 9.53. The zero-order chi connectivity index (χ0) is 33.9. The van der Waals surface area contributed by atoms with Gasteiger partial charge in [0, 0.05) is 47.1 Å². The number of aryl methyl sites for hydroxylation is 1. The lowest BCUT2D eigenvalue weighted by Gasteiger charge is -2.18. The van der Waals surface area contributed by atoms with Crippen LogP contribution in [0.4, 0.5) is 26.3 Å². The van der Waals surface area contributed by atoms with Gasteiger partial charge in [-0.25, -0.2) is 0 Å². The molecule has 1 heterocycles. The first-order valence-electron chi connectivity index (χ1n) is 14.0. The number of hydrogen-bond donors (Lipinski definition) is 3. The Bertz CT molecular complexity index is 1180. The molecule has 0 aliphatic heterocycles. The fourth-order valence-electron chi connectivity index (χ4n) is 3.47. The number of hydrogen-bond acceptors (Lipinski definition) is 4. The van der Waals surface area contributed by atoms with E-state index in [1.165, 1.54) is 24.0 Å². The first kappa shape index (κ1) is 47.1. The maximum absolute atomic E-state index is 12.8. The Balaban J connectivity index is -0.00000183. The van der Waals surface area contributed by atoms with Crippen LogP contribution in [0.1, 0.15) is 61.4 Å². The molecule has 46 heavy (non-hydrogen) atoms. The molecule has 0 atom stereocenters. The molecule has 0 saturated heterocycles. The number of thioether (sulfide) groups is 1. The maximum atomic E-state index is 12.8. The Hall–Kier alpha value is -3.27. The van der Waals surface area contributed by atoms with E-state index in [1.807, 2.05) is 13.8 Å². The minimum atomic E-state index is -4.19. The van der Waals surface area contributed by atoms with Crippen molar-refractivity contribution in [2.75, 3.05) is 37.7 Å². The summed E-state index contributed by atoms with van der Waals surface area (Å²) in [6, 6.07) is 0. The highest BCUT2D eigenvalue weighted by atomic mass is 32.2. The van der Waals surface area contributed by atoms with Gasteiger partial charge in [-0.3, -0.25) is 9.59 Å². The number of halogens is 6. The normalized spacial score (nSPS) is 12.2. The first-order chi connectivity index (χ1) is 20.5. The predicted octanol–water partition coefficient (Wildman–Crippen LogP) is 6.01. The molecule has 8 nitrogen and oxygen atoms in total. The number of aromatic amines is 1. The molecule has 0 saturated carbocycles. The molecule has 1 aromatic heterocycles. The number of aromatic nitrogens is 1. The summed E-state index contributed by atoms with van der Waals surface area (Å²) < 4.78 is 69.8. The van der Waals surface area contributed by atoms with Crippen molar-refractivity contribution < 1.29 is 46.9 Å². The molecule has 0 aliphatic rings. The summed E-state index contributed by atoms with van der Waals surface area (Å²) in [4.78, 5) is 31.0. The van der Waals surface area contributed by atoms with Gasteiger partial charge < -0.3 is 31.5 Å². The quantitative estimate of drug-likeness (QED) is 0.0684. The number of allylic oxidation sites excluding steroid dienone is 3. The summed E-state index contributed by atoms with van der Waals surface area (Å²) in [6.07, 6.45) is 1.66. The van der Waals surface area contributed by atoms with Crippen LogP contribution >= 0.6 is 11.8 Å². The van der Waals surface area contributed by atoms with E-state index in [1.54, 1.807) is 31.2 Å². The van der Waals surface area contributed by atoms with E-state index in [2.05, 4.69) is 40.9 Å². The Kier molecular flexibility index (Phi) is 24.6. The zero-order valence-corrected chi connectivity index (χ0v) is 28.0. The number of carbonyl (C=O) groups excluding carboxylic acids is 2. The summed E-state index contributed by atoms with van der Waals surface area (Å²) in [5, 5.41) is 5.66. The Morgan fingerprint density at radius 1 is 1.00 bits per heavy atom. The highest BCUT2D eigenvalue weighted by Gasteiger charge is 2.27. The van der Waals surface area contributed by atoms with Gasteiger partial charge in [-0.05, 0) is 58.6 Å². The third kappa shape index (κ3) is 20.0. The first-order valence-corrected chi connectivity index (χ1v) is 15.2. The van der Waals surface area contributed by atoms with E-state index in [0.29, 0.717) is 40.6 Å². The number of carbonyl (C=O) groups is 2. The average molecular weight is 687 g/mol. The number of amides is 2. The molecular weight excluding hydrogens is 638 g/mol. The van der Waals surface area contributed by atoms with E-state index < -0.39 is 24.3 Å². The van der Waals surface area contributed by atoms with Crippen molar-refractivity contribution in [3.63, 3.8) is 0 Å². The Labute approximate surface area is 271 Å². The van der Waals surface area contributed by atoms with Crippen molar-refractivity contribution >= 4 is 29.7 Å². The van der Waals surface area contributed by atoms with Gasteiger partial charge in [0.2, 0.25) is 0 Å². The third-order valence-electron chi connectivity index (χ3n) is 5.98. The smallest absolute Gasteiger partial charge is 0.411 e. The highest BCUT2D eigenvalue weighted by molar-refractivity contribution is 7.99. The number of likely N-dealkylation sites (N-methyl/N-ethyl adjacent to an activating group) is 1. The lowest BCUT2D eigenvalue weighted by molar-refractivity contribution is -0.125. The lowest BCUT2D eigenvalue weighted by atomic mass is 10.1. The molecule has 264 valence electrons. The van der Waals surface area contributed by atoms with Gasteiger partial charge in [0.1, 0.15) is 0 Å². The number of nitrogens with one attached hydrogen (secondary N) is 3. The van der Waals surface area contributed by atoms with E-state index in [-0.39, 0.29) is 22.8 Å². The van der Waals surface area contributed by atoms with Crippen LogP contribution in [-0.2, 0) is 4.79 Å². The molecule has 1 rings (SSSR count). The molecule has 0 aliphatic carbocycles. The topological polar surface area (TPSA) is 140 Å². The number of H-pyrrole nitrogens is 1. The molecule has 2 amide bonds. The number of nitrogens with zero attached hydrogens (tertiary/aromatic N) is 1. The van der Waals surface area contributed by atoms with Crippen LogP contribution < -0.4 is 10.6 Å². The minimum absolute atomic E-state index is 0. The summed E-state index contributed by atoms with van der Waals surface area (Å²) in [7, 11) is 0. The van der Waals surface area contributed by atoms with Gasteiger partial charge in [-0.1, -0.05) is 50.8 Å². The van der Waals surface area contributed by atoms with Gasteiger partial charge in [-0.2, -0.15) is 38.1 Å². The van der Waals surface area contributed by atoms with Crippen molar-refractivity contribution in [1.82, 2.24) is 20.5 Å². The molecule has 7 N–H and O–H groups in total. The summed E-state index contributed by atoms with van der Waals surface area (Å²) >= 11 is 1.43. The van der Waals surface area contributed by atoms with Crippen molar-refractivity contribution in [1.29, 1.82) is 0 Å². The molecule has 15 heteroatoms. The van der Waals surface area contributed by atoms with Crippen molar-refractivity contribution in [3.05, 3.63) is 76.8 Å². The molecule has 0 unspecified atom stereocenters. The maximum Gasteiger partial charge on any atom is 0.411 e.